The summed E-state index contributed by atoms with van der Waals surface area (Å²) in [7, 11) is 0. The molecule has 1 aromatic heterocycles. The van der Waals surface area contributed by atoms with E-state index in [0.717, 1.165) is 28.4 Å². The Hall–Kier alpha value is -3.81. The van der Waals surface area contributed by atoms with Crippen LogP contribution in [-0.4, -0.2) is 22.7 Å². The number of amides is 1. The summed E-state index contributed by atoms with van der Waals surface area (Å²) in [5.41, 5.74) is 2.66. The van der Waals surface area contributed by atoms with Crippen LogP contribution >= 0.6 is 0 Å². The molecule has 0 aliphatic carbocycles. The number of nitrogens with zero attached hydrogens (tertiary/aromatic N) is 2. The Balaban J connectivity index is 1.38. The van der Waals surface area contributed by atoms with Gasteiger partial charge in [0.05, 0.1) is 0 Å². The van der Waals surface area contributed by atoms with Gasteiger partial charge in [0.25, 0.3) is 0 Å². The zero-order valence-corrected chi connectivity index (χ0v) is 15.2. The molecule has 2 aromatic carbocycles. The summed E-state index contributed by atoms with van der Waals surface area (Å²) in [6, 6.07) is 15.0. The van der Waals surface area contributed by atoms with E-state index in [1.807, 2.05) is 48.5 Å². The van der Waals surface area contributed by atoms with Crippen molar-refractivity contribution in [2.45, 2.75) is 13.5 Å². The van der Waals surface area contributed by atoms with E-state index in [0.29, 0.717) is 18.2 Å². The zero-order valence-electron chi connectivity index (χ0n) is 15.2. The monoisotopic (exact) mass is 377 g/mol. The lowest BCUT2D eigenvalue weighted by Crippen LogP contribution is -2.05. The molecule has 0 saturated carbocycles. The molecule has 0 saturated heterocycles. The Morgan fingerprint density at radius 2 is 1.71 bits per heavy atom. The van der Waals surface area contributed by atoms with Crippen LogP contribution in [0, 0.1) is 0 Å². The molecule has 142 valence electrons. The standard InChI is InChI=1S/C20H19N5O3/c1-13(26)24-15-3-5-16(6-4-15)25-20-9-19(22-11-23-20)21-10-14-2-7-17-18(8-14)28-12-27-17/h2-9,11H,10,12H2,1H3,(H,24,26)(H2,21,22,23,25). The lowest BCUT2D eigenvalue weighted by atomic mass is 10.2. The second kappa shape index (κ2) is 7.83. The second-order valence-electron chi connectivity index (χ2n) is 6.21. The maximum absolute atomic E-state index is 11.1. The van der Waals surface area contributed by atoms with Gasteiger partial charge in [0, 0.05) is 30.9 Å². The highest BCUT2D eigenvalue weighted by molar-refractivity contribution is 5.88. The highest BCUT2D eigenvalue weighted by atomic mass is 16.7. The number of nitrogens with one attached hydrogen (secondary N) is 3. The maximum Gasteiger partial charge on any atom is 0.231 e. The fraction of sp³-hybridized carbons (Fsp3) is 0.150. The smallest absolute Gasteiger partial charge is 0.231 e. The van der Waals surface area contributed by atoms with E-state index in [9.17, 15) is 4.79 Å². The van der Waals surface area contributed by atoms with Crippen LogP contribution in [0.15, 0.2) is 54.9 Å². The highest BCUT2D eigenvalue weighted by Gasteiger charge is 2.13. The largest absolute Gasteiger partial charge is 0.454 e. The molecule has 1 amide bonds. The predicted molar refractivity (Wildman–Crippen MR) is 106 cm³/mol. The number of ether oxygens (including phenoxy) is 2. The van der Waals surface area contributed by atoms with Crippen LogP contribution in [0.2, 0.25) is 0 Å². The van der Waals surface area contributed by atoms with Crippen molar-refractivity contribution in [2.24, 2.45) is 0 Å². The number of rotatable bonds is 6. The van der Waals surface area contributed by atoms with Gasteiger partial charge in [-0.2, -0.15) is 0 Å². The quantitative estimate of drug-likeness (QED) is 0.605. The zero-order chi connectivity index (χ0) is 19.3. The second-order valence-corrected chi connectivity index (χ2v) is 6.21. The summed E-state index contributed by atoms with van der Waals surface area (Å²) in [6.45, 7) is 2.34. The number of fused-ring (bicyclic) bond motifs is 1. The van der Waals surface area contributed by atoms with E-state index in [2.05, 4.69) is 25.9 Å². The fourth-order valence-corrected chi connectivity index (χ4v) is 2.75. The maximum atomic E-state index is 11.1. The Labute approximate surface area is 161 Å². The molecule has 1 aliphatic rings. The molecule has 3 N–H and O–H groups in total. The Kier molecular flexibility index (Phi) is 4.92. The van der Waals surface area contributed by atoms with Gasteiger partial charge in [-0.05, 0) is 42.0 Å². The van der Waals surface area contributed by atoms with Crippen LogP contribution in [0.4, 0.5) is 23.0 Å². The third-order valence-electron chi connectivity index (χ3n) is 4.06. The number of benzene rings is 2. The van der Waals surface area contributed by atoms with Gasteiger partial charge in [-0.15, -0.1) is 0 Å². The van der Waals surface area contributed by atoms with Crippen LogP contribution in [0.1, 0.15) is 12.5 Å². The summed E-state index contributed by atoms with van der Waals surface area (Å²) < 4.78 is 10.7. The average Bonchev–Trinajstić information content (AvgIpc) is 3.16. The molecule has 0 fully saturated rings. The van der Waals surface area contributed by atoms with E-state index in [1.54, 1.807) is 0 Å². The van der Waals surface area contributed by atoms with Gasteiger partial charge in [0.1, 0.15) is 18.0 Å². The van der Waals surface area contributed by atoms with E-state index in [1.165, 1.54) is 13.3 Å². The molecule has 0 bridgehead atoms. The molecule has 3 aromatic rings. The average molecular weight is 377 g/mol. The molecule has 8 heteroatoms. The van der Waals surface area contributed by atoms with Crippen LogP contribution in [-0.2, 0) is 11.3 Å². The van der Waals surface area contributed by atoms with E-state index >= 15 is 0 Å². The molecule has 0 radical (unpaired) electrons. The fourth-order valence-electron chi connectivity index (χ4n) is 2.75. The van der Waals surface area contributed by atoms with Crippen LogP contribution in [0.3, 0.4) is 0 Å². The highest BCUT2D eigenvalue weighted by Crippen LogP contribution is 2.32. The third-order valence-corrected chi connectivity index (χ3v) is 4.06. The number of aromatic nitrogens is 2. The lowest BCUT2D eigenvalue weighted by molar-refractivity contribution is -0.114. The minimum atomic E-state index is -0.102. The van der Waals surface area contributed by atoms with Crippen LogP contribution < -0.4 is 25.4 Å². The van der Waals surface area contributed by atoms with Crippen molar-refractivity contribution >= 4 is 28.9 Å². The molecular formula is C20H19N5O3. The first kappa shape index (κ1) is 17.6. The van der Waals surface area contributed by atoms with Crippen LogP contribution in [0.5, 0.6) is 11.5 Å². The topological polar surface area (TPSA) is 97.4 Å². The molecule has 28 heavy (non-hydrogen) atoms. The molecule has 2 heterocycles. The summed E-state index contributed by atoms with van der Waals surface area (Å²) in [6.07, 6.45) is 1.50. The molecular weight excluding hydrogens is 358 g/mol. The van der Waals surface area contributed by atoms with Crippen molar-refractivity contribution in [2.75, 3.05) is 22.7 Å². The number of hydrogen-bond acceptors (Lipinski definition) is 7. The number of carbonyl (C=O) groups excluding carboxylic acids is 1. The Morgan fingerprint density at radius 3 is 2.54 bits per heavy atom. The molecule has 4 rings (SSSR count). The minimum absolute atomic E-state index is 0.102. The van der Waals surface area contributed by atoms with Crippen molar-refractivity contribution in [3.8, 4) is 11.5 Å². The van der Waals surface area contributed by atoms with Gasteiger partial charge in [0.15, 0.2) is 11.5 Å². The van der Waals surface area contributed by atoms with Crippen molar-refractivity contribution in [3.63, 3.8) is 0 Å². The van der Waals surface area contributed by atoms with Gasteiger partial charge < -0.3 is 25.4 Å². The first-order valence-electron chi connectivity index (χ1n) is 8.75. The van der Waals surface area contributed by atoms with Gasteiger partial charge in [-0.25, -0.2) is 9.97 Å². The number of carbonyl (C=O) groups is 1. The first-order chi connectivity index (χ1) is 13.7. The van der Waals surface area contributed by atoms with Gasteiger partial charge in [-0.1, -0.05) is 6.07 Å². The Morgan fingerprint density at radius 1 is 0.964 bits per heavy atom. The normalized spacial score (nSPS) is 11.8. The minimum Gasteiger partial charge on any atom is -0.454 e. The molecule has 0 unspecified atom stereocenters. The molecule has 0 atom stereocenters. The SMILES string of the molecule is CC(=O)Nc1ccc(Nc2cc(NCc3ccc4c(c3)OCO4)ncn2)cc1. The number of hydrogen-bond donors (Lipinski definition) is 3. The van der Waals surface area contributed by atoms with Gasteiger partial charge in [-0.3, -0.25) is 4.79 Å². The third kappa shape index (κ3) is 4.29. The van der Waals surface area contributed by atoms with Crippen molar-refractivity contribution in [1.29, 1.82) is 0 Å². The predicted octanol–water partition coefficient (Wildman–Crippen LogP) is 3.52. The molecule has 8 nitrogen and oxygen atoms in total. The molecule has 1 aliphatic heterocycles. The first-order valence-corrected chi connectivity index (χ1v) is 8.75. The lowest BCUT2D eigenvalue weighted by Gasteiger charge is -2.10. The number of anilines is 4. The van der Waals surface area contributed by atoms with E-state index in [-0.39, 0.29) is 12.7 Å². The van der Waals surface area contributed by atoms with Crippen molar-refractivity contribution in [3.05, 3.63) is 60.4 Å². The van der Waals surface area contributed by atoms with Crippen LogP contribution in [0.25, 0.3) is 0 Å². The Bertz CT molecular complexity index is 991. The van der Waals surface area contributed by atoms with Gasteiger partial charge >= 0.3 is 0 Å². The summed E-state index contributed by atoms with van der Waals surface area (Å²) in [5, 5.41) is 9.22. The summed E-state index contributed by atoms with van der Waals surface area (Å²) in [4.78, 5) is 19.6. The van der Waals surface area contributed by atoms with E-state index < -0.39 is 0 Å². The summed E-state index contributed by atoms with van der Waals surface area (Å²) >= 11 is 0. The summed E-state index contributed by atoms with van der Waals surface area (Å²) in [5.74, 6) is 2.78. The molecule has 0 spiro atoms. The van der Waals surface area contributed by atoms with Gasteiger partial charge in [0.2, 0.25) is 12.7 Å². The van der Waals surface area contributed by atoms with E-state index in [4.69, 9.17) is 9.47 Å². The van der Waals surface area contributed by atoms with Crippen molar-refractivity contribution in [1.82, 2.24) is 9.97 Å². The van der Waals surface area contributed by atoms with Crippen molar-refractivity contribution < 1.29 is 14.3 Å².